The highest BCUT2D eigenvalue weighted by Crippen LogP contribution is 2.68. The summed E-state index contributed by atoms with van der Waals surface area (Å²) in [6.45, 7) is 7.01. The molecule has 0 amide bonds. The highest BCUT2D eigenvalue weighted by molar-refractivity contribution is 5.12. The minimum atomic E-state index is -0.455. The summed E-state index contributed by atoms with van der Waals surface area (Å²) in [4.78, 5) is 0. The summed E-state index contributed by atoms with van der Waals surface area (Å²) in [6, 6.07) is 0. The molecule has 0 aliphatic heterocycles. The zero-order valence-electron chi connectivity index (χ0n) is 14.6. The Labute approximate surface area is 135 Å². The van der Waals surface area contributed by atoms with Gasteiger partial charge in [-0.25, -0.2) is 0 Å². The van der Waals surface area contributed by atoms with Crippen LogP contribution in [-0.4, -0.2) is 21.9 Å². The molecule has 4 fully saturated rings. The van der Waals surface area contributed by atoms with Crippen LogP contribution in [0.15, 0.2) is 0 Å². The number of hydrogen-bond donors (Lipinski definition) is 2. The smallest absolute Gasteiger partial charge is 0.0675 e. The van der Waals surface area contributed by atoms with Crippen LogP contribution < -0.4 is 0 Å². The van der Waals surface area contributed by atoms with E-state index in [9.17, 15) is 10.2 Å². The molecule has 22 heavy (non-hydrogen) atoms. The van der Waals surface area contributed by atoms with Crippen molar-refractivity contribution in [2.45, 2.75) is 90.3 Å². The molecule has 0 aromatic rings. The van der Waals surface area contributed by atoms with Crippen LogP contribution in [0.1, 0.15) is 78.6 Å². The predicted octanol–water partition coefficient (Wildman–Crippen LogP) is 4.14. The van der Waals surface area contributed by atoms with Gasteiger partial charge >= 0.3 is 0 Å². The fourth-order valence-corrected chi connectivity index (χ4v) is 7.48. The van der Waals surface area contributed by atoms with Crippen LogP contribution in [0, 0.1) is 34.5 Å². The first-order chi connectivity index (χ1) is 10.3. The first-order valence-electron chi connectivity index (χ1n) is 9.68. The van der Waals surface area contributed by atoms with E-state index in [1.807, 2.05) is 0 Å². The summed E-state index contributed by atoms with van der Waals surface area (Å²) in [5, 5.41) is 21.0. The largest absolute Gasteiger partial charge is 0.393 e. The molecule has 8 atom stereocenters. The molecule has 0 bridgehead atoms. The topological polar surface area (TPSA) is 40.5 Å². The highest BCUT2D eigenvalue weighted by Gasteiger charge is 2.63. The van der Waals surface area contributed by atoms with Gasteiger partial charge < -0.3 is 10.2 Å². The molecular weight excluding hydrogens is 272 g/mol. The van der Waals surface area contributed by atoms with Crippen LogP contribution in [0.5, 0.6) is 0 Å². The standard InChI is InChI=1S/C20H34O2/c1-18-9-6-14(21)12-13(18)4-5-15-16(18)7-10-19(2)17(15)8-11-20(19,3)22/h13-17,21-22H,4-12H2,1-3H3/t13-,14?,15+,16-,17-,18-,19-,20?/m0/s1. The quantitative estimate of drug-likeness (QED) is 0.706. The van der Waals surface area contributed by atoms with Gasteiger partial charge in [0.1, 0.15) is 0 Å². The molecule has 2 nitrogen and oxygen atoms in total. The van der Waals surface area contributed by atoms with Crippen molar-refractivity contribution in [2.75, 3.05) is 0 Å². The maximum Gasteiger partial charge on any atom is 0.0675 e. The van der Waals surface area contributed by atoms with Gasteiger partial charge in [0.2, 0.25) is 0 Å². The average molecular weight is 306 g/mol. The lowest BCUT2D eigenvalue weighted by atomic mass is 9.44. The van der Waals surface area contributed by atoms with Crippen molar-refractivity contribution in [3.8, 4) is 0 Å². The molecule has 2 heteroatoms. The minimum Gasteiger partial charge on any atom is -0.393 e. The lowest BCUT2D eigenvalue weighted by Crippen LogP contribution is -2.56. The molecule has 4 aliphatic carbocycles. The van der Waals surface area contributed by atoms with E-state index in [0.717, 1.165) is 42.9 Å². The van der Waals surface area contributed by atoms with E-state index in [-0.39, 0.29) is 11.5 Å². The van der Waals surface area contributed by atoms with Crippen LogP contribution in [0.2, 0.25) is 0 Å². The van der Waals surface area contributed by atoms with Gasteiger partial charge in [-0.05, 0) is 99.2 Å². The Morgan fingerprint density at radius 3 is 2.32 bits per heavy atom. The number of aliphatic hydroxyl groups is 2. The van der Waals surface area contributed by atoms with E-state index in [1.165, 1.54) is 38.5 Å². The van der Waals surface area contributed by atoms with E-state index >= 15 is 0 Å². The summed E-state index contributed by atoms with van der Waals surface area (Å²) < 4.78 is 0. The van der Waals surface area contributed by atoms with E-state index in [0.29, 0.717) is 5.41 Å². The van der Waals surface area contributed by atoms with Gasteiger partial charge in [0.15, 0.2) is 0 Å². The molecule has 2 unspecified atom stereocenters. The second-order valence-electron chi connectivity index (χ2n) is 9.85. The molecule has 4 aliphatic rings. The number of fused-ring (bicyclic) bond motifs is 5. The van der Waals surface area contributed by atoms with Crippen molar-refractivity contribution in [3.63, 3.8) is 0 Å². The lowest BCUT2D eigenvalue weighted by Gasteiger charge is -2.61. The molecule has 4 rings (SSSR count). The Morgan fingerprint density at radius 2 is 1.55 bits per heavy atom. The third-order valence-corrected chi connectivity index (χ3v) is 9.20. The Bertz CT molecular complexity index is 459. The van der Waals surface area contributed by atoms with Crippen LogP contribution in [0.4, 0.5) is 0 Å². The fraction of sp³-hybridized carbons (Fsp3) is 1.00. The molecule has 0 spiro atoms. The Morgan fingerprint density at radius 1 is 0.818 bits per heavy atom. The second-order valence-corrected chi connectivity index (χ2v) is 9.85. The summed E-state index contributed by atoms with van der Waals surface area (Å²) >= 11 is 0. The van der Waals surface area contributed by atoms with Gasteiger partial charge in [0.25, 0.3) is 0 Å². The Balaban J connectivity index is 1.64. The van der Waals surface area contributed by atoms with Crippen LogP contribution in [0.3, 0.4) is 0 Å². The summed E-state index contributed by atoms with van der Waals surface area (Å²) in [5.74, 6) is 3.13. The van der Waals surface area contributed by atoms with Gasteiger partial charge in [-0.2, -0.15) is 0 Å². The number of rotatable bonds is 0. The Kier molecular flexibility index (Phi) is 3.32. The molecule has 2 N–H and O–H groups in total. The van der Waals surface area contributed by atoms with E-state index in [2.05, 4.69) is 20.8 Å². The first kappa shape index (κ1) is 15.4. The van der Waals surface area contributed by atoms with Gasteiger partial charge in [-0.15, -0.1) is 0 Å². The fourth-order valence-electron chi connectivity index (χ4n) is 7.48. The molecule has 0 radical (unpaired) electrons. The van der Waals surface area contributed by atoms with Crippen molar-refractivity contribution in [1.29, 1.82) is 0 Å². The minimum absolute atomic E-state index is 0.0457. The normalized spacial score (nSPS) is 61.2. The first-order valence-corrected chi connectivity index (χ1v) is 9.68. The lowest BCUT2D eigenvalue weighted by molar-refractivity contribution is -0.153. The van der Waals surface area contributed by atoms with Crippen molar-refractivity contribution in [2.24, 2.45) is 34.5 Å². The van der Waals surface area contributed by atoms with Crippen molar-refractivity contribution >= 4 is 0 Å². The number of aliphatic hydroxyl groups excluding tert-OH is 1. The molecule has 0 aromatic heterocycles. The van der Waals surface area contributed by atoms with E-state index in [1.54, 1.807) is 0 Å². The van der Waals surface area contributed by atoms with Gasteiger partial charge in [0.05, 0.1) is 11.7 Å². The molecule has 0 saturated heterocycles. The van der Waals surface area contributed by atoms with Crippen molar-refractivity contribution in [3.05, 3.63) is 0 Å². The van der Waals surface area contributed by atoms with E-state index in [4.69, 9.17) is 0 Å². The molecular formula is C20H34O2. The van der Waals surface area contributed by atoms with Gasteiger partial charge in [-0.3, -0.25) is 0 Å². The predicted molar refractivity (Wildman–Crippen MR) is 88.4 cm³/mol. The zero-order chi connectivity index (χ0) is 15.8. The third kappa shape index (κ3) is 1.86. The Hall–Kier alpha value is -0.0800. The molecule has 0 heterocycles. The van der Waals surface area contributed by atoms with Gasteiger partial charge in [-0.1, -0.05) is 13.8 Å². The SMILES string of the molecule is CC1(O)CC[C@H]2[C@@H]3CC[C@H]4CC(O)CC[C@]4(C)[C@H]3CC[C@@]21C. The third-order valence-electron chi connectivity index (χ3n) is 9.20. The monoisotopic (exact) mass is 306 g/mol. The molecule has 0 aromatic carbocycles. The molecule has 4 saturated carbocycles. The maximum absolute atomic E-state index is 10.9. The summed E-state index contributed by atoms with van der Waals surface area (Å²) in [5.41, 5.74) is 0.145. The van der Waals surface area contributed by atoms with Crippen LogP contribution >= 0.6 is 0 Å². The molecule has 126 valence electrons. The van der Waals surface area contributed by atoms with Gasteiger partial charge in [0, 0.05) is 0 Å². The number of hydrogen-bond acceptors (Lipinski definition) is 2. The van der Waals surface area contributed by atoms with Crippen LogP contribution in [0.25, 0.3) is 0 Å². The summed E-state index contributed by atoms with van der Waals surface area (Å²) in [6.07, 6.45) is 10.6. The second kappa shape index (κ2) is 4.72. The van der Waals surface area contributed by atoms with E-state index < -0.39 is 5.60 Å². The average Bonchev–Trinajstić information content (AvgIpc) is 2.70. The summed E-state index contributed by atoms with van der Waals surface area (Å²) in [7, 11) is 0. The highest BCUT2D eigenvalue weighted by atomic mass is 16.3. The van der Waals surface area contributed by atoms with Crippen molar-refractivity contribution < 1.29 is 10.2 Å². The van der Waals surface area contributed by atoms with Crippen LogP contribution in [-0.2, 0) is 0 Å². The van der Waals surface area contributed by atoms with Crippen molar-refractivity contribution in [1.82, 2.24) is 0 Å². The zero-order valence-corrected chi connectivity index (χ0v) is 14.6. The maximum atomic E-state index is 10.9.